The highest BCUT2D eigenvalue weighted by Gasteiger charge is 2.35. The minimum atomic E-state index is 0.212. The highest BCUT2D eigenvalue weighted by atomic mass is 16.5. The van der Waals surface area contributed by atoms with E-state index in [1.54, 1.807) is 0 Å². The number of likely N-dealkylation sites (N-methyl/N-ethyl adjacent to an activating group) is 2. The SMILES string of the molecule is CN1CCN=C1NCC1(N(C)C)CCOCC1. The Morgan fingerprint density at radius 2 is 2.12 bits per heavy atom. The molecule has 5 nitrogen and oxygen atoms in total. The second-order valence-electron chi connectivity index (χ2n) is 5.21. The van der Waals surface area contributed by atoms with Crippen molar-refractivity contribution in [3.05, 3.63) is 0 Å². The van der Waals surface area contributed by atoms with Crippen LogP contribution >= 0.6 is 0 Å². The monoisotopic (exact) mass is 240 g/mol. The first-order valence-electron chi connectivity index (χ1n) is 6.39. The van der Waals surface area contributed by atoms with Gasteiger partial charge in [-0.25, -0.2) is 0 Å². The summed E-state index contributed by atoms with van der Waals surface area (Å²) in [5.74, 6) is 1.04. The van der Waals surface area contributed by atoms with Crippen LogP contribution in [0.4, 0.5) is 0 Å². The van der Waals surface area contributed by atoms with Crippen LogP contribution in [0.5, 0.6) is 0 Å². The van der Waals surface area contributed by atoms with Crippen LogP contribution in [0.3, 0.4) is 0 Å². The predicted molar refractivity (Wildman–Crippen MR) is 69.4 cm³/mol. The van der Waals surface area contributed by atoms with Gasteiger partial charge in [-0.1, -0.05) is 0 Å². The van der Waals surface area contributed by atoms with E-state index in [0.717, 1.165) is 51.6 Å². The number of nitrogens with one attached hydrogen (secondary N) is 1. The smallest absolute Gasteiger partial charge is 0.193 e. The van der Waals surface area contributed by atoms with E-state index in [0.29, 0.717) is 0 Å². The van der Waals surface area contributed by atoms with Crippen LogP contribution in [0.1, 0.15) is 12.8 Å². The molecule has 0 atom stereocenters. The molecule has 1 fully saturated rings. The Hall–Kier alpha value is -0.810. The molecule has 2 aliphatic heterocycles. The standard InChI is InChI=1S/C12H24N4O/c1-15(2)12(4-8-17-9-5-12)10-14-11-13-6-7-16(11)3/h4-10H2,1-3H3,(H,13,14). The summed E-state index contributed by atoms with van der Waals surface area (Å²) < 4.78 is 5.47. The van der Waals surface area contributed by atoms with Gasteiger partial charge in [0.05, 0.1) is 6.54 Å². The summed E-state index contributed by atoms with van der Waals surface area (Å²) in [6.45, 7) is 4.62. The topological polar surface area (TPSA) is 40.1 Å². The quantitative estimate of drug-likeness (QED) is 0.753. The average Bonchev–Trinajstić information content (AvgIpc) is 2.73. The van der Waals surface area contributed by atoms with Crippen molar-refractivity contribution < 1.29 is 4.74 Å². The summed E-state index contributed by atoms with van der Waals surface area (Å²) in [6.07, 6.45) is 2.17. The molecule has 2 aliphatic rings. The lowest BCUT2D eigenvalue weighted by Crippen LogP contribution is -2.56. The van der Waals surface area contributed by atoms with E-state index in [2.05, 4.69) is 41.3 Å². The molecule has 0 amide bonds. The summed E-state index contributed by atoms with van der Waals surface area (Å²) in [5.41, 5.74) is 0.212. The fraction of sp³-hybridized carbons (Fsp3) is 0.917. The lowest BCUT2D eigenvalue weighted by molar-refractivity contribution is -0.00515. The van der Waals surface area contributed by atoms with Gasteiger partial charge in [0.15, 0.2) is 5.96 Å². The van der Waals surface area contributed by atoms with Crippen LogP contribution in [-0.4, -0.2) is 75.3 Å². The van der Waals surface area contributed by atoms with E-state index in [4.69, 9.17) is 4.74 Å². The van der Waals surface area contributed by atoms with Crippen LogP contribution in [0.15, 0.2) is 4.99 Å². The molecule has 1 saturated heterocycles. The van der Waals surface area contributed by atoms with E-state index >= 15 is 0 Å². The van der Waals surface area contributed by atoms with Gasteiger partial charge >= 0.3 is 0 Å². The Kier molecular flexibility index (Phi) is 3.89. The van der Waals surface area contributed by atoms with E-state index in [-0.39, 0.29) is 5.54 Å². The van der Waals surface area contributed by atoms with Crippen LogP contribution in [0.2, 0.25) is 0 Å². The number of aliphatic imine (C=N–C) groups is 1. The summed E-state index contributed by atoms with van der Waals surface area (Å²) >= 11 is 0. The second-order valence-corrected chi connectivity index (χ2v) is 5.21. The Morgan fingerprint density at radius 3 is 2.65 bits per heavy atom. The van der Waals surface area contributed by atoms with Gasteiger partial charge in [0, 0.05) is 38.9 Å². The van der Waals surface area contributed by atoms with E-state index in [1.165, 1.54) is 0 Å². The number of nitrogens with zero attached hydrogens (tertiary/aromatic N) is 3. The van der Waals surface area contributed by atoms with Crippen molar-refractivity contribution in [1.82, 2.24) is 15.1 Å². The van der Waals surface area contributed by atoms with Crippen LogP contribution in [-0.2, 0) is 4.74 Å². The van der Waals surface area contributed by atoms with Crippen molar-refractivity contribution in [2.45, 2.75) is 18.4 Å². The lowest BCUT2D eigenvalue weighted by atomic mass is 9.88. The number of guanidine groups is 1. The lowest BCUT2D eigenvalue weighted by Gasteiger charge is -2.43. The molecule has 0 aromatic heterocycles. The van der Waals surface area contributed by atoms with Crippen molar-refractivity contribution >= 4 is 5.96 Å². The van der Waals surface area contributed by atoms with Gasteiger partial charge in [-0.3, -0.25) is 4.99 Å². The van der Waals surface area contributed by atoms with E-state index in [9.17, 15) is 0 Å². The molecule has 17 heavy (non-hydrogen) atoms. The van der Waals surface area contributed by atoms with Crippen molar-refractivity contribution in [3.8, 4) is 0 Å². The molecule has 1 N–H and O–H groups in total. The molecular formula is C12H24N4O. The van der Waals surface area contributed by atoms with Gasteiger partial charge in [0.1, 0.15) is 0 Å². The van der Waals surface area contributed by atoms with Gasteiger partial charge in [0.25, 0.3) is 0 Å². The fourth-order valence-electron chi connectivity index (χ4n) is 2.50. The predicted octanol–water partition coefficient (Wildman–Crippen LogP) is -0.0118. The number of hydrogen-bond donors (Lipinski definition) is 1. The molecular weight excluding hydrogens is 216 g/mol. The van der Waals surface area contributed by atoms with Crippen LogP contribution < -0.4 is 5.32 Å². The average molecular weight is 240 g/mol. The maximum atomic E-state index is 5.47. The maximum absolute atomic E-state index is 5.47. The van der Waals surface area contributed by atoms with Crippen molar-refractivity contribution in [1.29, 1.82) is 0 Å². The molecule has 2 heterocycles. The first kappa shape index (κ1) is 12.6. The van der Waals surface area contributed by atoms with Gasteiger partial charge in [0.2, 0.25) is 0 Å². The van der Waals surface area contributed by atoms with Crippen LogP contribution in [0.25, 0.3) is 0 Å². The minimum Gasteiger partial charge on any atom is -0.381 e. The van der Waals surface area contributed by atoms with Gasteiger partial charge in [-0.15, -0.1) is 0 Å². The van der Waals surface area contributed by atoms with Crippen molar-refractivity contribution in [2.24, 2.45) is 4.99 Å². The fourth-order valence-corrected chi connectivity index (χ4v) is 2.50. The zero-order valence-corrected chi connectivity index (χ0v) is 11.2. The van der Waals surface area contributed by atoms with Crippen LogP contribution in [0, 0.1) is 0 Å². The van der Waals surface area contributed by atoms with Gasteiger partial charge < -0.3 is 19.9 Å². The number of hydrogen-bond acceptors (Lipinski definition) is 5. The third-order valence-electron chi connectivity index (χ3n) is 4.01. The molecule has 2 rings (SSSR count). The molecule has 98 valence electrons. The number of rotatable bonds is 3. The third kappa shape index (κ3) is 2.72. The molecule has 0 bridgehead atoms. The van der Waals surface area contributed by atoms with E-state index < -0.39 is 0 Å². The first-order chi connectivity index (χ1) is 8.14. The Bertz CT molecular complexity index is 284. The number of ether oxygens (including phenoxy) is 1. The summed E-state index contributed by atoms with van der Waals surface area (Å²) in [6, 6.07) is 0. The molecule has 0 spiro atoms. The van der Waals surface area contributed by atoms with Gasteiger partial charge in [-0.2, -0.15) is 0 Å². The highest BCUT2D eigenvalue weighted by Crippen LogP contribution is 2.25. The molecule has 0 saturated carbocycles. The second kappa shape index (κ2) is 5.23. The summed E-state index contributed by atoms with van der Waals surface area (Å²) in [7, 11) is 6.41. The molecule has 5 heteroatoms. The summed E-state index contributed by atoms with van der Waals surface area (Å²) in [5, 5.41) is 3.50. The maximum Gasteiger partial charge on any atom is 0.193 e. The normalized spacial score (nSPS) is 24.0. The molecule has 0 aromatic carbocycles. The molecule has 0 radical (unpaired) electrons. The zero-order chi connectivity index (χ0) is 12.3. The largest absolute Gasteiger partial charge is 0.381 e. The van der Waals surface area contributed by atoms with Gasteiger partial charge in [-0.05, 0) is 26.9 Å². The van der Waals surface area contributed by atoms with Crippen molar-refractivity contribution in [2.75, 3.05) is 54.0 Å². The Morgan fingerprint density at radius 1 is 1.41 bits per heavy atom. The third-order valence-corrected chi connectivity index (χ3v) is 4.01. The van der Waals surface area contributed by atoms with Crippen molar-refractivity contribution in [3.63, 3.8) is 0 Å². The van der Waals surface area contributed by atoms with E-state index in [1.807, 2.05) is 0 Å². The molecule has 0 unspecified atom stereocenters. The summed E-state index contributed by atoms with van der Waals surface area (Å²) in [4.78, 5) is 8.99. The Balaban J connectivity index is 1.94. The first-order valence-corrected chi connectivity index (χ1v) is 6.39. The molecule has 0 aromatic rings. The highest BCUT2D eigenvalue weighted by molar-refractivity contribution is 5.81. The molecule has 0 aliphatic carbocycles. The minimum absolute atomic E-state index is 0.212. The Labute approximate surface area is 104 Å². The zero-order valence-electron chi connectivity index (χ0n) is 11.2.